The van der Waals surface area contributed by atoms with Crippen LogP contribution in [-0.4, -0.2) is 38.1 Å². The Morgan fingerprint density at radius 3 is 2.83 bits per heavy atom. The van der Waals surface area contributed by atoms with Crippen molar-refractivity contribution in [3.63, 3.8) is 0 Å². The highest BCUT2D eigenvalue weighted by Gasteiger charge is 2.11. The van der Waals surface area contributed by atoms with E-state index in [4.69, 9.17) is 21.1 Å². The van der Waals surface area contributed by atoms with E-state index < -0.39 is 6.10 Å². The van der Waals surface area contributed by atoms with E-state index in [0.717, 1.165) is 5.56 Å². The van der Waals surface area contributed by atoms with Crippen molar-refractivity contribution in [3.8, 4) is 5.75 Å². The van der Waals surface area contributed by atoms with Gasteiger partial charge in [-0.2, -0.15) is 0 Å². The van der Waals surface area contributed by atoms with E-state index in [-0.39, 0.29) is 13.2 Å². The second-order valence-corrected chi connectivity index (χ2v) is 4.29. The third-order valence-electron chi connectivity index (χ3n) is 2.35. The van der Waals surface area contributed by atoms with E-state index in [0.29, 0.717) is 23.9 Å². The molecule has 0 amide bonds. The summed E-state index contributed by atoms with van der Waals surface area (Å²) < 4.78 is 10.7. The van der Waals surface area contributed by atoms with Crippen LogP contribution in [0.1, 0.15) is 12.5 Å². The lowest BCUT2D eigenvalue weighted by atomic mass is 10.2. The topological polar surface area (TPSA) is 50.7 Å². The Morgan fingerprint density at radius 1 is 1.39 bits per heavy atom. The van der Waals surface area contributed by atoms with Crippen molar-refractivity contribution in [2.75, 3.05) is 26.9 Å². The first-order valence-electron chi connectivity index (χ1n) is 5.99. The largest absolute Gasteiger partial charge is 0.489 e. The van der Waals surface area contributed by atoms with Crippen molar-refractivity contribution in [1.82, 2.24) is 5.32 Å². The predicted octanol–water partition coefficient (Wildman–Crippen LogP) is 1.84. The van der Waals surface area contributed by atoms with Crippen LogP contribution >= 0.6 is 11.6 Å². The smallest absolute Gasteiger partial charge is 0.142 e. The molecule has 0 heterocycles. The normalized spacial score (nSPS) is 12.4. The summed E-state index contributed by atoms with van der Waals surface area (Å²) in [5.41, 5.74) is 0.966. The van der Waals surface area contributed by atoms with Crippen molar-refractivity contribution in [1.29, 1.82) is 0 Å². The molecule has 0 aliphatic rings. The molecule has 0 aliphatic carbocycles. The van der Waals surface area contributed by atoms with Crippen molar-refractivity contribution in [2.45, 2.75) is 19.6 Å². The number of ether oxygens (including phenoxy) is 2. The number of halogens is 1. The minimum Gasteiger partial charge on any atom is -0.489 e. The Kier molecular flexibility index (Phi) is 7.05. The molecule has 1 rings (SSSR count). The van der Waals surface area contributed by atoms with Gasteiger partial charge in [-0.3, -0.25) is 0 Å². The van der Waals surface area contributed by atoms with Gasteiger partial charge in [0, 0.05) is 18.7 Å². The van der Waals surface area contributed by atoms with Crippen LogP contribution in [0.2, 0.25) is 5.02 Å². The Bertz CT molecular complexity index is 360. The zero-order valence-corrected chi connectivity index (χ0v) is 11.5. The molecular weight excluding hydrogens is 254 g/mol. The molecule has 4 nitrogen and oxygen atoms in total. The van der Waals surface area contributed by atoms with Gasteiger partial charge in [-0.25, -0.2) is 0 Å². The van der Waals surface area contributed by atoms with Crippen molar-refractivity contribution in [3.05, 3.63) is 28.8 Å². The fourth-order valence-electron chi connectivity index (χ4n) is 1.53. The van der Waals surface area contributed by atoms with E-state index in [1.54, 1.807) is 6.07 Å². The first-order chi connectivity index (χ1) is 8.69. The zero-order chi connectivity index (χ0) is 13.4. The van der Waals surface area contributed by atoms with Crippen molar-refractivity contribution in [2.24, 2.45) is 0 Å². The van der Waals surface area contributed by atoms with Gasteiger partial charge in [-0.1, -0.05) is 23.7 Å². The van der Waals surface area contributed by atoms with Crippen molar-refractivity contribution < 1.29 is 14.6 Å². The lowest BCUT2D eigenvalue weighted by Gasteiger charge is -2.16. The fraction of sp³-hybridized carbons (Fsp3) is 0.538. The Hall–Kier alpha value is -0.810. The molecule has 1 unspecified atom stereocenters. The average Bonchev–Trinajstić information content (AvgIpc) is 2.36. The van der Waals surface area contributed by atoms with E-state index in [2.05, 4.69) is 5.32 Å². The minimum absolute atomic E-state index is 0.167. The molecule has 0 fully saturated rings. The number of hydrogen-bond donors (Lipinski definition) is 2. The summed E-state index contributed by atoms with van der Waals surface area (Å²) in [6.07, 6.45) is -0.649. The molecule has 102 valence electrons. The van der Waals surface area contributed by atoms with Crippen LogP contribution in [0.3, 0.4) is 0 Å². The van der Waals surface area contributed by atoms with Crippen LogP contribution in [-0.2, 0) is 11.3 Å². The van der Waals surface area contributed by atoms with Crippen LogP contribution in [0.4, 0.5) is 0 Å². The first kappa shape index (κ1) is 15.2. The summed E-state index contributed by atoms with van der Waals surface area (Å²) in [5.74, 6) is 0.615. The standard InChI is InChI=1S/C13H20ClNO3/c1-3-17-8-11(16)9-18-13-10(7-15-2)5-4-6-12(13)14/h4-6,11,15-16H,3,7-9H2,1-2H3. The van der Waals surface area contributed by atoms with Crippen molar-refractivity contribution >= 4 is 11.6 Å². The molecule has 1 aromatic carbocycles. The minimum atomic E-state index is -0.649. The number of nitrogens with one attached hydrogen (secondary N) is 1. The Morgan fingerprint density at radius 2 is 2.17 bits per heavy atom. The lowest BCUT2D eigenvalue weighted by Crippen LogP contribution is -2.24. The van der Waals surface area contributed by atoms with Crippen LogP contribution in [0.5, 0.6) is 5.75 Å². The fourth-order valence-corrected chi connectivity index (χ4v) is 1.77. The molecule has 0 aliphatic heterocycles. The van der Waals surface area contributed by atoms with E-state index in [1.807, 2.05) is 26.1 Å². The molecule has 2 N–H and O–H groups in total. The molecule has 0 spiro atoms. The first-order valence-corrected chi connectivity index (χ1v) is 6.37. The second kappa shape index (κ2) is 8.32. The van der Waals surface area contributed by atoms with Gasteiger partial charge in [0.2, 0.25) is 0 Å². The van der Waals surface area contributed by atoms with Gasteiger partial charge in [0.05, 0.1) is 11.6 Å². The zero-order valence-electron chi connectivity index (χ0n) is 10.8. The SMILES string of the molecule is CCOCC(O)COc1c(Cl)cccc1CNC. The maximum atomic E-state index is 9.64. The molecule has 0 saturated heterocycles. The van der Waals surface area contributed by atoms with Gasteiger partial charge in [0.15, 0.2) is 0 Å². The predicted molar refractivity (Wildman–Crippen MR) is 72.2 cm³/mol. The maximum absolute atomic E-state index is 9.64. The van der Waals surface area contributed by atoms with Gasteiger partial charge in [-0.05, 0) is 20.0 Å². The second-order valence-electron chi connectivity index (χ2n) is 3.88. The van der Waals surface area contributed by atoms with Crippen LogP contribution in [0.25, 0.3) is 0 Å². The van der Waals surface area contributed by atoms with E-state index in [9.17, 15) is 5.11 Å². The van der Waals surface area contributed by atoms with Gasteiger partial charge in [0.1, 0.15) is 18.5 Å². The van der Waals surface area contributed by atoms with Crippen LogP contribution in [0.15, 0.2) is 18.2 Å². The highest BCUT2D eigenvalue weighted by Crippen LogP contribution is 2.28. The van der Waals surface area contributed by atoms with Gasteiger partial charge >= 0.3 is 0 Å². The summed E-state index contributed by atoms with van der Waals surface area (Å²) >= 11 is 6.09. The van der Waals surface area contributed by atoms with Crippen LogP contribution < -0.4 is 10.1 Å². The monoisotopic (exact) mass is 273 g/mol. The molecular formula is C13H20ClNO3. The molecule has 0 saturated carbocycles. The number of benzene rings is 1. The molecule has 0 aromatic heterocycles. The lowest BCUT2D eigenvalue weighted by molar-refractivity contribution is 0.0163. The number of aliphatic hydroxyl groups is 1. The number of aliphatic hydroxyl groups excluding tert-OH is 1. The summed E-state index contributed by atoms with van der Waals surface area (Å²) in [5, 5.41) is 13.2. The average molecular weight is 274 g/mol. The Labute approximate surface area is 113 Å². The quantitative estimate of drug-likeness (QED) is 0.759. The third kappa shape index (κ3) is 4.82. The van der Waals surface area contributed by atoms with Crippen LogP contribution in [0, 0.1) is 0 Å². The number of hydrogen-bond acceptors (Lipinski definition) is 4. The number of rotatable bonds is 8. The summed E-state index contributed by atoms with van der Waals surface area (Å²) in [6, 6.07) is 5.58. The van der Waals surface area contributed by atoms with Gasteiger partial charge in [0.25, 0.3) is 0 Å². The molecule has 0 bridgehead atoms. The summed E-state index contributed by atoms with van der Waals surface area (Å²) in [6.45, 7) is 3.56. The summed E-state index contributed by atoms with van der Waals surface area (Å²) in [4.78, 5) is 0. The van der Waals surface area contributed by atoms with Gasteiger partial charge in [-0.15, -0.1) is 0 Å². The van der Waals surface area contributed by atoms with Gasteiger partial charge < -0.3 is 19.9 Å². The number of para-hydroxylation sites is 1. The molecule has 18 heavy (non-hydrogen) atoms. The molecule has 1 aromatic rings. The molecule has 1 atom stereocenters. The van der Waals surface area contributed by atoms with E-state index in [1.165, 1.54) is 0 Å². The summed E-state index contributed by atoms with van der Waals surface area (Å²) in [7, 11) is 1.86. The Balaban J connectivity index is 2.59. The molecule has 5 heteroatoms. The molecule has 0 radical (unpaired) electrons. The highest BCUT2D eigenvalue weighted by atomic mass is 35.5. The maximum Gasteiger partial charge on any atom is 0.142 e. The van der Waals surface area contributed by atoms with E-state index >= 15 is 0 Å². The highest BCUT2D eigenvalue weighted by molar-refractivity contribution is 6.32. The third-order valence-corrected chi connectivity index (χ3v) is 2.65.